The van der Waals surface area contributed by atoms with Gasteiger partial charge in [0, 0.05) is 47.6 Å². The maximum absolute atomic E-state index is 6.47. The summed E-state index contributed by atoms with van der Waals surface area (Å²) in [6.07, 6.45) is 0. The van der Waals surface area contributed by atoms with Crippen LogP contribution < -0.4 is 0 Å². The predicted octanol–water partition coefficient (Wildman–Crippen LogP) is 17.0. The molecule has 10 aromatic carbocycles. The van der Waals surface area contributed by atoms with E-state index in [-0.39, 0.29) is 0 Å². The lowest BCUT2D eigenvalue weighted by molar-refractivity contribution is 0.669. The first kappa shape index (κ1) is 38.0. The molecule has 0 aliphatic heterocycles. The first-order chi connectivity index (χ1) is 32.7. The summed E-state index contributed by atoms with van der Waals surface area (Å²) in [6, 6.07) is 79.4. The molecule has 4 nitrogen and oxygen atoms in total. The third-order valence-electron chi connectivity index (χ3n) is 12.8. The molecule has 13 rings (SSSR count). The van der Waals surface area contributed by atoms with E-state index in [0.29, 0.717) is 17.5 Å². The smallest absolute Gasteiger partial charge is 0.164 e. The molecule has 0 unspecified atom stereocenters. The highest BCUT2D eigenvalue weighted by Crippen LogP contribution is 2.42. The monoisotopic (exact) mass is 859 g/mol. The van der Waals surface area contributed by atoms with Gasteiger partial charge in [-0.05, 0) is 97.7 Å². The number of thiophene rings is 1. The van der Waals surface area contributed by atoms with Gasteiger partial charge in [0.05, 0.1) is 0 Å². The molecule has 0 spiro atoms. The van der Waals surface area contributed by atoms with E-state index in [1.807, 2.05) is 6.07 Å². The second kappa shape index (κ2) is 15.6. The fourth-order valence-electron chi connectivity index (χ4n) is 9.44. The number of benzene rings is 10. The van der Waals surface area contributed by atoms with Crippen LogP contribution in [0.1, 0.15) is 0 Å². The summed E-state index contributed by atoms with van der Waals surface area (Å²) in [5, 5.41) is 6.81. The minimum absolute atomic E-state index is 0.629. The van der Waals surface area contributed by atoms with Gasteiger partial charge in [0.15, 0.2) is 17.5 Å². The lowest BCUT2D eigenvalue weighted by Crippen LogP contribution is -2.00. The van der Waals surface area contributed by atoms with Crippen LogP contribution in [-0.2, 0) is 0 Å². The third kappa shape index (κ3) is 6.64. The van der Waals surface area contributed by atoms with E-state index in [1.54, 1.807) is 11.3 Å². The molecule has 3 heterocycles. The molecule has 0 N–H and O–H groups in total. The SMILES string of the molecule is c1ccc(-c2ccc(-c3ccc4oc5cccc(-c6ccc7cc(-c8nc(-c9ccc(-c%10ccccc%10)cc9)nc(-c9cccc%10sc%11ccccc%11c9%10)n8)ccc7c6)c5c4c3)cc2)cc1. The molecule has 0 radical (unpaired) electrons. The van der Waals surface area contributed by atoms with Crippen molar-refractivity contribution < 1.29 is 4.42 Å². The summed E-state index contributed by atoms with van der Waals surface area (Å²) in [6.45, 7) is 0. The van der Waals surface area contributed by atoms with Crippen molar-refractivity contribution in [1.82, 2.24) is 15.0 Å². The van der Waals surface area contributed by atoms with E-state index in [2.05, 4.69) is 218 Å². The molecule has 0 fully saturated rings. The van der Waals surface area contributed by atoms with Crippen molar-refractivity contribution in [2.24, 2.45) is 0 Å². The van der Waals surface area contributed by atoms with Crippen molar-refractivity contribution in [2.45, 2.75) is 0 Å². The molecule has 0 aliphatic rings. The molecule has 0 saturated heterocycles. The molecule has 13 aromatic rings. The van der Waals surface area contributed by atoms with Crippen molar-refractivity contribution >= 4 is 64.2 Å². The van der Waals surface area contributed by atoms with Crippen molar-refractivity contribution in [2.75, 3.05) is 0 Å². The van der Waals surface area contributed by atoms with Crippen molar-refractivity contribution in [3.63, 3.8) is 0 Å². The third-order valence-corrected chi connectivity index (χ3v) is 13.9. The Morgan fingerprint density at radius 1 is 0.288 bits per heavy atom. The average molecular weight is 860 g/mol. The number of rotatable bonds is 7. The lowest BCUT2D eigenvalue weighted by Gasteiger charge is -2.11. The van der Waals surface area contributed by atoms with Crippen LogP contribution in [0.25, 0.3) is 132 Å². The van der Waals surface area contributed by atoms with Gasteiger partial charge < -0.3 is 4.42 Å². The summed E-state index contributed by atoms with van der Waals surface area (Å²) in [7, 11) is 0. The Bertz CT molecular complexity index is 3970. The first-order valence-corrected chi connectivity index (χ1v) is 23.0. The first-order valence-electron chi connectivity index (χ1n) is 22.2. The van der Waals surface area contributed by atoms with Crippen molar-refractivity contribution in [1.29, 1.82) is 0 Å². The van der Waals surface area contributed by atoms with E-state index < -0.39 is 0 Å². The van der Waals surface area contributed by atoms with Gasteiger partial charge in [-0.15, -0.1) is 11.3 Å². The Balaban J connectivity index is 0.895. The molecule has 66 heavy (non-hydrogen) atoms. The minimum Gasteiger partial charge on any atom is -0.456 e. The summed E-state index contributed by atoms with van der Waals surface area (Å²) in [4.78, 5) is 15.6. The van der Waals surface area contributed by atoms with Crippen molar-refractivity contribution in [3.05, 3.63) is 224 Å². The lowest BCUT2D eigenvalue weighted by atomic mass is 9.95. The molecular formula is C61H37N3OS. The van der Waals surface area contributed by atoms with Gasteiger partial charge in [-0.2, -0.15) is 0 Å². The summed E-state index contributed by atoms with van der Waals surface area (Å²) >= 11 is 1.80. The molecule has 0 amide bonds. The molecule has 0 atom stereocenters. The summed E-state index contributed by atoms with van der Waals surface area (Å²) < 4.78 is 8.92. The van der Waals surface area contributed by atoms with Crippen LogP contribution in [0, 0.1) is 0 Å². The Morgan fingerprint density at radius 3 is 1.53 bits per heavy atom. The van der Waals surface area contributed by atoms with Crippen LogP contribution in [0.4, 0.5) is 0 Å². The van der Waals surface area contributed by atoms with Crippen LogP contribution in [-0.4, -0.2) is 15.0 Å². The summed E-state index contributed by atoms with van der Waals surface area (Å²) in [5.41, 5.74) is 13.9. The van der Waals surface area contributed by atoms with Crippen LogP contribution in [0.2, 0.25) is 0 Å². The van der Waals surface area contributed by atoms with E-state index in [0.717, 1.165) is 71.7 Å². The zero-order valence-corrected chi connectivity index (χ0v) is 36.3. The highest BCUT2D eigenvalue weighted by atomic mass is 32.1. The van der Waals surface area contributed by atoms with Crippen LogP contribution in [0.15, 0.2) is 229 Å². The molecular weight excluding hydrogens is 823 g/mol. The van der Waals surface area contributed by atoms with Gasteiger partial charge in [-0.25, -0.2) is 15.0 Å². The topological polar surface area (TPSA) is 51.8 Å². The Morgan fingerprint density at radius 2 is 0.803 bits per heavy atom. The Hall–Kier alpha value is -8.51. The molecule has 3 aromatic heterocycles. The van der Waals surface area contributed by atoms with Crippen LogP contribution in [0.5, 0.6) is 0 Å². The molecule has 5 heteroatoms. The van der Waals surface area contributed by atoms with Crippen LogP contribution in [0.3, 0.4) is 0 Å². The largest absolute Gasteiger partial charge is 0.456 e. The maximum Gasteiger partial charge on any atom is 0.164 e. The standard InChI is InChI=1S/C61H37N3OS/c1-3-11-38(12-4-1)40-21-23-42(24-22-40)46-33-34-53-52(37-46)57-49(16-9-18-54(57)65-53)47-31-29-45-36-48(32-30-44(45)35-47)60-62-59(43-27-25-41(26-28-43)39-13-5-2-6-14-39)63-61(64-60)51-17-10-20-56-58(51)50-15-7-8-19-55(50)66-56/h1-37H. The minimum atomic E-state index is 0.629. The molecule has 0 aliphatic carbocycles. The van der Waals surface area contributed by atoms with Gasteiger partial charge in [0.2, 0.25) is 0 Å². The van der Waals surface area contributed by atoms with Crippen LogP contribution >= 0.6 is 11.3 Å². The van der Waals surface area contributed by atoms with E-state index >= 15 is 0 Å². The molecule has 308 valence electrons. The fourth-order valence-corrected chi connectivity index (χ4v) is 10.6. The number of fused-ring (bicyclic) bond motifs is 7. The number of hydrogen-bond acceptors (Lipinski definition) is 5. The quantitative estimate of drug-likeness (QED) is 0.160. The zero-order chi connectivity index (χ0) is 43.6. The van der Waals surface area contributed by atoms with Gasteiger partial charge in [0.25, 0.3) is 0 Å². The highest BCUT2D eigenvalue weighted by Gasteiger charge is 2.19. The van der Waals surface area contributed by atoms with Crippen molar-refractivity contribution in [3.8, 4) is 78.7 Å². The van der Waals surface area contributed by atoms with E-state index in [4.69, 9.17) is 19.4 Å². The van der Waals surface area contributed by atoms with Gasteiger partial charge >= 0.3 is 0 Å². The predicted molar refractivity (Wildman–Crippen MR) is 276 cm³/mol. The van der Waals surface area contributed by atoms with Gasteiger partial charge in [0.1, 0.15) is 11.2 Å². The Labute approximate surface area is 384 Å². The Kier molecular flexibility index (Phi) is 9.00. The second-order valence-corrected chi connectivity index (χ2v) is 17.8. The number of furan rings is 1. The fraction of sp³-hybridized carbons (Fsp3) is 0. The van der Waals surface area contributed by atoms with Gasteiger partial charge in [-0.1, -0.05) is 182 Å². The maximum atomic E-state index is 6.47. The van der Waals surface area contributed by atoms with Gasteiger partial charge in [-0.3, -0.25) is 0 Å². The zero-order valence-electron chi connectivity index (χ0n) is 35.5. The molecule has 0 saturated carbocycles. The van der Waals surface area contributed by atoms with E-state index in [9.17, 15) is 0 Å². The summed E-state index contributed by atoms with van der Waals surface area (Å²) in [5.74, 6) is 1.92. The molecule has 0 bridgehead atoms. The average Bonchev–Trinajstić information content (AvgIpc) is 3.97. The number of hydrogen-bond donors (Lipinski definition) is 0. The second-order valence-electron chi connectivity index (χ2n) is 16.7. The number of nitrogens with zero attached hydrogens (tertiary/aromatic N) is 3. The highest BCUT2D eigenvalue weighted by molar-refractivity contribution is 7.25. The number of aromatic nitrogens is 3. The van der Waals surface area contributed by atoms with E-state index in [1.165, 1.54) is 42.4 Å². The normalized spacial score (nSPS) is 11.6.